The van der Waals surface area contributed by atoms with Crippen molar-refractivity contribution in [2.24, 2.45) is 11.7 Å². The van der Waals surface area contributed by atoms with E-state index in [1.807, 2.05) is 0 Å². The van der Waals surface area contributed by atoms with Crippen LogP contribution in [0.3, 0.4) is 0 Å². The third-order valence-electron chi connectivity index (χ3n) is 3.69. The predicted octanol–water partition coefficient (Wildman–Crippen LogP) is 0.982. The second kappa shape index (κ2) is 6.39. The second-order valence-electron chi connectivity index (χ2n) is 5.37. The van der Waals surface area contributed by atoms with Crippen LogP contribution in [-0.4, -0.2) is 35.7 Å². The Labute approximate surface area is 123 Å². The Balaban J connectivity index is 1.94. The summed E-state index contributed by atoms with van der Waals surface area (Å²) in [5.41, 5.74) is 5.95. The molecule has 2 rings (SSSR count). The molecule has 1 fully saturated rings. The number of anilines is 1. The van der Waals surface area contributed by atoms with E-state index in [1.54, 1.807) is 17.0 Å². The molecule has 112 valence electrons. The van der Waals surface area contributed by atoms with Crippen molar-refractivity contribution in [3.8, 4) is 0 Å². The van der Waals surface area contributed by atoms with E-state index in [0.29, 0.717) is 30.3 Å². The van der Waals surface area contributed by atoms with E-state index >= 15 is 0 Å². The average molecular weight is 289 g/mol. The molecule has 1 saturated heterocycles. The molecule has 3 amide bonds. The van der Waals surface area contributed by atoms with Gasteiger partial charge in [-0.05, 0) is 43.0 Å². The fourth-order valence-electron chi connectivity index (χ4n) is 2.26. The van der Waals surface area contributed by atoms with Crippen LogP contribution in [0, 0.1) is 5.92 Å². The van der Waals surface area contributed by atoms with Crippen LogP contribution in [-0.2, 0) is 9.59 Å². The summed E-state index contributed by atoms with van der Waals surface area (Å²) in [4.78, 5) is 36.5. The predicted molar refractivity (Wildman–Crippen MR) is 78.6 cm³/mol. The first-order valence-electron chi connectivity index (χ1n) is 6.97. The van der Waals surface area contributed by atoms with Gasteiger partial charge >= 0.3 is 11.8 Å². The number of carbonyl (C=O) groups excluding carboxylic acids is 3. The zero-order valence-corrected chi connectivity index (χ0v) is 12.0. The standard InChI is InChI=1S/C15H19N3O3/c1-10-6-8-18(9-7-10)15(21)14(20)17-12-4-2-11(3-5-12)13(16)19/h2-5,10H,6-9H2,1H3,(H2,16,19)(H,17,20). The average Bonchev–Trinajstić information content (AvgIpc) is 2.47. The zero-order valence-electron chi connectivity index (χ0n) is 12.0. The summed E-state index contributed by atoms with van der Waals surface area (Å²) in [5, 5.41) is 2.53. The van der Waals surface area contributed by atoms with E-state index in [4.69, 9.17) is 5.73 Å². The first-order chi connectivity index (χ1) is 9.97. The van der Waals surface area contributed by atoms with Gasteiger partial charge in [0.15, 0.2) is 0 Å². The molecule has 0 unspecified atom stereocenters. The van der Waals surface area contributed by atoms with Crippen molar-refractivity contribution < 1.29 is 14.4 Å². The number of piperidine rings is 1. The first kappa shape index (κ1) is 15.0. The quantitative estimate of drug-likeness (QED) is 0.795. The van der Waals surface area contributed by atoms with Crippen molar-refractivity contribution in [2.75, 3.05) is 18.4 Å². The molecule has 6 heteroatoms. The number of hydrogen-bond donors (Lipinski definition) is 2. The van der Waals surface area contributed by atoms with E-state index in [1.165, 1.54) is 12.1 Å². The maximum Gasteiger partial charge on any atom is 0.313 e. The fourth-order valence-corrected chi connectivity index (χ4v) is 2.26. The molecule has 1 aliphatic heterocycles. The number of hydrogen-bond acceptors (Lipinski definition) is 3. The Hall–Kier alpha value is -2.37. The van der Waals surface area contributed by atoms with E-state index in [2.05, 4.69) is 12.2 Å². The molecule has 0 spiro atoms. The van der Waals surface area contributed by atoms with Gasteiger partial charge in [-0.2, -0.15) is 0 Å². The van der Waals surface area contributed by atoms with Crippen LogP contribution in [0.2, 0.25) is 0 Å². The minimum absolute atomic E-state index is 0.351. The van der Waals surface area contributed by atoms with Crippen molar-refractivity contribution >= 4 is 23.4 Å². The highest BCUT2D eigenvalue weighted by Crippen LogP contribution is 2.16. The van der Waals surface area contributed by atoms with Crippen LogP contribution >= 0.6 is 0 Å². The van der Waals surface area contributed by atoms with Gasteiger partial charge in [0.2, 0.25) is 5.91 Å². The van der Waals surface area contributed by atoms with Crippen molar-refractivity contribution in [1.82, 2.24) is 4.90 Å². The van der Waals surface area contributed by atoms with Gasteiger partial charge in [-0.25, -0.2) is 0 Å². The van der Waals surface area contributed by atoms with E-state index in [9.17, 15) is 14.4 Å². The number of carbonyl (C=O) groups is 3. The van der Waals surface area contributed by atoms with Gasteiger partial charge in [0.1, 0.15) is 0 Å². The van der Waals surface area contributed by atoms with Crippen LogP contribution in [0.5, 0.6) is 0 Å². The van der Waals surface area contributed by atoms with E-state index in [0.717, 1.165) is 12.8 Å². The largest absolute Gasteiger partial charge is 0.366 e. The third-order valence-corrected chi connectivity index (χ3v) is 3.69. The van der Waals surface area contributed by atoms with E-state index in [-0.39, 0.29) is 0 Å². The molecule has 0 aromatic heterocycles. The summed E-state index contributed by atoms with van der Waals surface area (Å²) in [5.74, 6) is -1.11. The Kier molecular flexibility index (Phi) is 4.57. The van der Waals surface area contributed by atoms with Gasteiger partial charge in [0.05, 0.1) is 0 Å². The highest BCUT2D eigenvalue weighted by atomic mass is 16.2. The van der Waals surface area contributed by atoms with Crippen LogP contribution in [0.15, 0.2) is 24.3 Å². The van der Waals surface area contributed by atoms with Gasteiger partial charge in [0.25, 0.3) is 0 Å². The molecule has 21 heavy (non-hydrogen) atoms. The lowest BCUT2D eigenvalue weighted by Crippen LogP contribution is -2.43. The fraction of sp³-hybridized carbons (Fsp3) is 0.400. The molecule has 1 aromatic rings. The van der Waals surface area contributed by atoms with Crippen molar-refractivity contribution in [3.63, 3.8) is 0 Å². The summed E-state index contributed by atoms with van der Waals surface area (Å²) in [6, 6.07) is 6.10. The lowest BCUT2D eigenvalue weighted by molar-refractivity contribution is -0.144. The minimum atomic E-state index is -0.656. The Bertz CT molecular complexity index is 546. The second-order valence-corrected chi connectivity index (χ2v) is 5.37. The summed E-state index contributed by atoms with van der Waals surface area (Å²) >= 11 is 0. The van der Waals surface area contributed by atoms with Crippen LogP contribution in [0.25, 0.3) is 0 Å². The number of nitrogens with one attached hydrogen (secondary N) is 1. The minimum Gasteiger partial charge on any atom is -0.366 e. The van der Waals surface area contributed by atoms with Crippen LogP contribution < -0.4 is 11.1 Å². The number of likely N-dealkylation sites (tertiary alicyclic amines) is 1. The van der Waals surface area contributed by atoms with Crippen molar-refractivity contribution in [3.05, 3.63) is 29.8 Å². The SMILES string of the molecule is CC1CCN(C(=O)C(=O)Nc2ccc(C(N)=O)cc2)CC1. The summed E-state index contributed by atoms with van der Waals surface area (Å²) in [7, 11) is 0. The number of nitrogens with two attached hydrogens (primary N) is 1. The molecule has 6 nitrogen and oxygen atoms in total. The summed E-state index contributed by atoms with van der Waals surface area (Å²) in [6.45, 7) is 3.38. The summed E-state index contributed by atoms with van der Waals surface area (Å²) < 4.78 is 0. The number of amides is 3. The lowest BCUT2D eigenvalue weighted by Gasteiger charge is -2.29. The molecule has 0 atom stereocenters. The van der Waals surface area contributed by atoms with Crippen molar-refractivity contribution in [2.45, 2.75) is 19.8 Å². The van der Waals surface area contributed by atoms with Gasteiger partial charge in [-0.3, -0.25) is 14.4 Å². The van der Waals surface area contributed by atoms with Crippen molar-refractivity contribution in [1.29, 1.82) is 0 Å². The molecule has 0 bridgehead atoms. The smallest absolute Gasteiger partial charge is 0.313 e. The number of benzene rings is 1. The monoisotopic (exact) mass is 289 g/mol. The number of rotatable bonds is 2. The lowest BCUT2D eigenvalue weighted by atomic mass is 9.99. The zero-order chi connectivity index (χ0) is 15.4. The molecule has 1 aromatic carbocycles. The number of nitrogens with zero attached hydrogens (tertiary/aromatic N) is 1. The third kappa shape index (κ3) is 3.81. The van der Waals surface area contributed by atoms with Gasteiger partial charge in [-0.1, -0.05) is 6.92 Å². The molecule has 1 heterocycles. The Morgan fingerprint density at radius 3 is 2.24 bits per heavy atom. The van der Waals surface area contributed by atoms with Gasteiger partial charge < -0.3 is 16.0 Å². The molecular formula is C15H19N3O3. The normalized spacial score (nSPS) is 15.6. The highest BCUT2D eigenvalue weighted by Gasteiger charge is 2.25. The molecule has 3 N–H and O–H groups in total. The topological polar surface area (TPSA) is 92.5 Å². The molecule has 0 radical (unpaired) electrons. The van der Waals surface area contributed by atoms with Crippen LogP contribution in [0.4, 0.5) is 5.69 Å². The summed E-state index contributed by atoms with van der Waals surface area (Å²) in [6.07, 6.45) is 1.85. The van der Waals surface area contributed by atoms with Gasteiger partial charge in [-0.15, -0.1) is 0 Å². The molecule has 0 aliphatic carbocycles. The molecule has 0 saturated carbocycles. The Morgan fingerprint density at radius 2 is 1.71 bits per heavy atom. The molecular weight excluding hydrogens is 270 g/mol. The maximum absolute atomic E-state index is 12.0. The first-order valence-corrected chi connectivity index (χ1v) is 6.97. The highest BCUT2D eigenvalue weighted by molar-refractivity contribution is 6.39. The van der Waals surface area contributed by atoms with Crippen LogP contribution in [0.1, 0.15) is 30.1 Å². The van der Waals surface area contributed by atoms with E-state index < -0.39 is 17.7 Å². The number of primary amides is 1. The maximum atomic E-state index is 12.0. The Morgan fingerprint density at radius 1 is 1.14 bits per heavy atom. The van der Waals surface area contributed by atoms with Gasteiger partial charge in [0, 0.05) is 24.3 Å². The molecule has 1 aliphatic rings.